The van der Waals surface area contributed by atoms with E-state index in [4.69, 9.17) is 14.2 Å². The number of carbonyl (C=O) groups is 1. The van der Waals surface area contributed by atoms with Crippen LogP contribution in [0.1, 0.15) is 69.4 Å². The number of aliphatic hydroxyl groups is 1. The molecule has 1 fully saturated rings. The Morgan fingerprint density at radius 1 is 0.889 bits per heavy atom. The molecule has 0 bridgehead atoms. The molecule has 0 saturated heterocycles. The number of rotatable bonds is 16. The minimum Gasteiger partial charge on any atom is -0.463 e. The molecule has 2 aromatic carbocycles. The molecule has 1 aliphatic rings. The molecule has 1 saturated carbocycles. The van der Waals surface area contributed by atoms with Crippen molar-refractivity contribution in [1.82, 2.24) is 0 Å². The van der Waals surface area contributed by atoms with Crippen LogP contribution in [0.3, 0.4) is 0 Å². The van der Waals surface area contributed by atoms with Crippen LogP contribution in [-0.4, -0.2) is 37.0 Å². The highest BCUT2D eigenvalue weighted by molar-refractivity contribution is 5.83. The Kier molecular flexibility index (Phi) is 12.2. The van der Waals surface area contributed by atoms with Crippen LogP contribution in [0.4, 0.5) is 0 Å². The molecular formula is C31H42O5. The number of hydrogen-bond acceptors (Lipinski definition) is 5. The second-order valence-electron chi connectivity index (χ2n) is 10.0. The molecule has 5 nitrogen and oxygen atoms in total. The Bertz CT molecular complexity index is 864. The largest absolute Gasteiger partial charge is 0.463 e. The van der Waals surface area contributed by atoms with Crippen LogP contribution in [0.15, 0.2) is 72.3 Å². The minimum absolute atomic E-state index is 0.371. The molecule has 196 valence electrons. The predicted octanol–water partition coefficient (Wildman–Crippen LogP) is 6.39. The monoisotopic (exact) mass is 494 g/mol. The van der Waals surface area contributed by atoms with Gasteiger partial charge in [0.2, 0.25) is 0 Å². The van der Waals surface area contributed by atoms with E-state index in [0.29, 0.717) is 51.4 Å². The van der Waals surface area contributed by atoms with Crippen LogP contribution >= 0.6 is 0 Å². The number of benzene rings is 2. The summed E-state index contributed by atoms with van der Waals surface area (Å²) in [5, 5.41) is 10.8. The van der Waals surface area contributed by atoms with Crippen LogP contribution in [0, 0.1) is 5.41 Å². The zero-order chi connectivity index (χ0) is 25.5. The molecule has 0 aromatic heterocycles. The highest BCUT2D eigenvalue weighted by Gasteiger charge is 2.42. The maximum absolute atomic E-state index is 12.4. The van der Waals surface area contributed by atoms with E-state index in [0.717, 1.165) is 24.0 Å². The third kappa shape index (κ3) is 9.88. The van der Waals surface area contributed by atoms with Crippen molar-refractivity contribution in [2.24, 2.45) is 5.41 Å². The first-order valence-electron chi connectivity index (χ1n) is 13.4. The van der Waals surface area contributed by atoms with Gasteiger partial charge in [-0.05, 0) is 36.0 Å². The smallest absolute Gasteiger partial charge is 0.330 e. The van der Waals surface area contributed by atoms with Crippen LogP contribution in [0.25, 0.3) is 0 Å². The Morgan fingerprint density at radius 3 is 2.03 bits per heavy atom. The summed E-state index contributed by atoms with van der Waals surface area (Å²) in [7, 11) is 0. The fourth-order valence-corrected chi connectivity index (χ4v) is 4.74. The first kappa shape index (κ1) is 28.1. The quantitative estimate of drug-likeness (QED) is 0.166. The van der Waals surface area contributed by atoms with Gasteiger partial charge < -0.3 is 19.3 Å². The summed E-state index contributed by atoms with van der Waals surface area (Å²) >= 11 is 0. The van der Waals surface area contributed by atoms with E-state index in [1.807, 2.05) is 60.7 Å². The lowest BCUT2D eigenvalue weighted by molar-refractivity contribution is -0.138. The van der Waals surface area contributed by atoms with E-state index in [1.54, 1.807) is 0 Å². The Hall–Kier alpha value is -2.47. The molecule has 0 radical (unpaired) electrons. The number of hydrogen-bond donors (Lipinski definition) is 1. The third-order valence-corrected chi connectivity index (χ3v) is 6.72. The molecule has 0 amide bonds. The summed E-state index contributed by atoms with van der Waals surface area (Å²) in [5.74, 6) is -0.371. The Labute approximate surface area is 216 Å². The van der Waals surface area contributed by atoms with Crippen molar-refractivity contribution in [3.63, 3.8) is 0 Å². The van der Waals surface area contributed by atoms with E-state index in [9.17, 15) is 9.90 Å². The molecule has 2 aromatic rings. The first-order chi connectivity index (χ1) is 17.6. The van der Waals surface area contributed by atoms with Gasteiger partial charge in [-0.1, -0.05) is 99.7 Å². The number of carbonyl (C=O) groups excluding carboxylic acids is 1. The topological polar surface area (TPSA) is 65.0 Å². The fourth-order valence-electron chi connectivity index (χ4n) is 4.74. The van der Waals surface area contributed by atoms with E-state index >= 15 is 0 Å². The lowest BCUT2D eigenvalue weighted by Gasteiger charge is -2.28. The molecule has 5 heteroatoms. The van der Waals surface area contributed by atoms with Gasteiger partial charge in [0.15, 0.2) is 0 Å². The van der Waals surface area contributed by atoms with Crippen molar-refractivity contribution < 1.29 is 24.1 Å². The molecular weight excluding hydrogens is 452 g/mol. The van der Waals surface area contributed by atoms with Gasteiger partial charge in [-0.25, -0.2) is 4.79 Å². The normalized spacial score (nSPS) is 17.9. The van der Waals surface area contributed by atoms with Gasteiger partial charge in [-0.2, -0.15) is 0 Å². The number of esters is 1. The van der Waals surface area contributed by atoms with Crippen LogP contribution in [0.5, 0.6) is 0 Å². The molecule has 3 rings (SSSR count). The molecule has 1 aliphatic carbocycles. The molecule has 36 heavy (non-hydrogen) atoms. The zero-order valence-corrected chi connectivity index (χ0v) is 21.7. The van der Waals surface area contributed by atoms with Gasteiger partial charge in [0, 0.05) is 11.5 Å². The first-order valence-corrected chi connectivity index (χ1v) is 13.4. The predicted molar refractivity (Wildman–Crippen MR) is 142 cm³/mol. The van der Waals surface area contributed by atoms with Crippen molar-refractivity contribution in [3.05, 3.63) is 83.4 Å². The highest BCUT2D eigenvalue weighted by atomic mass is 16.5. The van der Waals surface area contributed by atoms with Crippen LogP contribution in [0.2, 0.25) is 0 Å². The van der Waals surface area contributed by atoms with Gasteiger partial charge >= 0.3 is 5.97 Å². The molecule has 0 heterocycles. The second kappa shape index (κ2) is 15.6. The summed E-state index contributed by atoms with van der Waals surface area (Å²) in [6, 6.07) is 20.1. The Balaban J connectivity index is 1.54. The number of ether oxygens (including phenoxy) is 3. The zero-order valence-electron chi connectivity index (χ0n) is 21.7. The van der Waals surface area contributed by atoms with Gasteiger partial charge in [-0.3, -0.25) is 0 Å². The Morgan fingerprint density at radius 2 is 1.44 bits per heavy atom. The maximum atomic E-state index is 12.4. The SMILES string of the molecule is CCCCCCCCOC(=O)/C=C1/CC(COCc2ccccc2)(COCc2ccccc2)CC1O. The van der Waals surface area contributed by atoms with Crippen molar-refractivity contribution in [1.29, 1.82) is 0 Å². The summed E-state index contributed by atoms with van der Waals surface area (Å²) in [4.78, 5) is 12.4. The van der Waals surface area contributed by atoms with Gasteiger partial charge in [0.05, 0.1) is 39.1 Å². The van der Waals surface area contributed by atoms with Gasteiger partial charge in [-0.15, -0.1) is 0 Å². The second-order valence-corrected chi connectivity index (χ2v) is 10.0. The number of unbranched alkanes of at least 4 members (excludes halogenated alkanes) is 5. The lowest BCUT2D eigenvalue weighted by atomic mass is 9.87. The van der Waals surface area contributed by atoms with E-state index in [-0.39, 0.29) is 5.97 Å². The molecule has 0 spiro atoms. The highest BCUT2D eigenvalue weighted by Crippen LogP contribution is 2.42. The molecule has 1 atom stereocenters. The van der Waals surface area contributed by atoms with Crippen molar-refractivity contribution in [2.75, 3.05) is 19.8 Å². The summed E-state index contributed by atoms with van der Waals surface area (Å²) < 4.78 is 17.6. The van der Waals surface area contributed by atoms with E-state index in [2.05, 4.69) is 6.92 Å². The lowest BCUT2D eigenvalue weighted by Crippen LogP contribution is -2.30. The summed E-state index contributed by atoms with van der Waals surface area (Å²) in [6.07, 6.45) is 8.68. The summed E-state index contributed by atoms with van der Waals surface area (Å²) in [5.41, 5.74) is 2.51. The van der Waals surface area contributed by atoms with Crippen molar-refractivity contribution >= 4 is 5.97 Å². The molecule has 1 unspecified atom stereocenters. The summed E-state index contributed by atoms with van der Waals surface area (Å²) in [6.45, 7) is 4.51. The average Bonchev–Trinajstić information content (AvgIpc) is 3.19. The number of aliphatic hydroxyl groups excluding tert-OH is 1. The van der Waals surface area contributed by atoms with Crippen molar-refractivity contribution in [2.45, 2.75) is 77.6 Å². The van der Waals surface area contributed by atoms with Gasteiger partial charge in [0.1, 0.15) is 0 Å². The maximum Gasteiger partial charge on any atom is 0.330 e. The minimum atomic E-state index is -0.702. The van der Waals surface area contributed by atoms with Crippen molar-refractivity contribution in [3.8, 4) is 0 Å². The van der Waals surface area contributed by atoms with Crippen LogP contribution < -0.4 is 0 Å². The van der Waals surface area contributed by atoms with Crippen LogP contribution in [-0.2, 0) is 32.2 Å². The average molecular weight is 495 g/mol. The standard InChI is InChI=1S/C31H42O5/c1-2-3-4-5-6-13-18-36-30(33)19-28-20-31(21-29(28)32,24-34-22-26-14-9-7-10-15-26)25-35-23-27-16-11-8-12-17-27/h7-12,14-17,19,29,32H,2-6,13,18,20-25H2,1H3/b28-19-. The molecule has 1 N–H and O–H groups in total. The molecule has 0 aliphatic heterocycles. The van der Waals surface area contributed by atoms with E-state index < -0.39 is 11.5 Å². The van der Waals surface area contributed by atoms with E-state index in [1.165, 1.54) is 31.8 Å². The third-order valence-electron chi connectivity index (χ3n) is 6.72. The van der Waals surface area contributed by atoms with Gasteiger partial charge in [0.25, 0.3) is 0 Å². The fraction of sp³-hybridized carbons (Fsp3) is 0.516.